The molecule has 1 heterocycles. The first-order valence-corrected chi connectivity index (χ1v) is 16.2. The van der Waals surface area contributed by atoms with E-state index < -0.39 is 12.1 Å². The van der Waals surface area contributed by atoms with E-state index in [1.165, 1.54) is 0 Å². The number of urea groups is 2. The van der Waals surface area contributed by atoms with Crippen molar-refractivity contribution < 1.29 is 29.0 Å². The van der Waals surface area contributed by atoms with Gasteiger partial charge in [-0.05, 0) is 75.6 Å². The maximum atomic E-state index is 14.3. The van der Waals surface area contributed by atoms with E-state index in [-0.39, 0.29) is 48.8 Å². The summed E-state index contributed by atoms with van der Waals surface area (Å²) in [5.41, 5.74) is 2.02. The zero-order valence-corrected chi connectivity index (χ0v) is 27.6. The van der Waals surface area contributed by atoms with Crippen molar-refractivity contribution in [2.24, 2.45) is 5.92 Å². The molecule has 3 aromatic carbocycles. The molecule has 0 spiro atoms. The quantitative estimate of drug-likeness (QED) is 0.239. The minimum Gasteiger partial charge on any atom is -0.490 e. The van der Waals surface area contributed by atoms with Crippen LogP contribution in [-0.4, -0.2) is 84.5 Å². The summed E-state index contributed by atoms with van der Waals surface area (Å²) < 4.78 is 12.6. The van der Waals surface area contributed by atoms with Crippen LogP contribution in [0.1, 0.15) is 50.4 Å². The van der Waals surface area contributed by atoms with Gasteiger partial charge in [0.05, 0.1) is 30.4 Å². The average Bonchev–Trinajstić information content (AvgIpc) is 3.06. The molecule has 3 aromatic rings. The maximum Gasteiger partial charge on any atom is 0.323 e. The molecule has 5 amide bonds. The molecule has 0 aliphatic carbocycles. The number of carbonyl (C=O) groups is 3. The van der Waals surface area contributed by atoms with E-state index in [0.29, 0.717) is 36.0 Å². The summed E-state index contributed by atoms with van der Waals surface area (Å²) in [6.45, 7) is 6.51. The molecule has 0 saturated carbocycles. The Balaban J connectivity index is 1.58. The molecule has 11 heteroatoms. The molecule has 0 unspecified atom stereocenters. The third-order valence-corrected chi connectivity index (χ3v) is 8.17. The first kappa shape index (κ1) is 35.2. The Morgan fingerprint density at radius 1 is 0.936 bits per heavy atom. The first-order chi connectivity index (χ1) is 22.6. The van der Waals surface area contributed by atoms with Crippen molar-refractivity contribution in [3.8, 4) is 5.75 Å². The Bertz CT molecular complexity index is 1460. The molecule has 4 atom stereocenters. The topological polar surface area (TPSA) is 132 Å². The Labute approximate surface area is 277 Å². The fourth-order valence-electron chi connectivity index (χ4n) is 5.37. The van der Waals surface area contributed by atoms with E-state index in [1.54, 1.807) is 54.1 Å². The molecule has 47 heavy (non-hydrogen) atoms. The van der Waals surface area contributed by atoms with E-state index in [0.717, 1.165) is 19.3 Å². The van der Waals surface area contributed by atoms with Crippen LogP contribution < -0.4 is 20.7 Å². The van der Waals surface area contributed by atoms with Gasteiger partial charge in [0.25, 0.3) is 5.91 Å². The number of ether oxygens (including phenoxy) is 2. The lowest BCUT2D eigenvalue weighted by Crippen LogP contribution is -2.48. The molecule has 1 aliphatic heterocycles. The monoisotopic (exact) mass is 645 g/mol. The lowest BCUT2D eigenvalue weighted by atomic mass is 10.0. The van der Waals surface area contributed by atoms with Gasteiger partial charge in [-0.15, -0.1) is 0 Å². The number of carbonyl (C=O) groups excluding carboxylic acids is 3. The zero-order valence-electron chi connectivity index (χ0n) is 27.6. The van der Waals surface area contributed by atoms with E-state index in [2.05, 4.69) is 16.0 Å². The fraction of sp³-hybridized carbons (Fsp3) is 0.417. The molecule has 0 radical (unpaired) electrons. The summed E-state index contributed by atoms with van der Waals surface area (Å²) >= 11 is 0. The predicted molar refractivity (Wildman–Crippen MR) is 184 cm³/mol. The molecule has 0 aromatic heterocycles. The number of benzene rings is 3. The molecular formula is C36H47N5O6. The van der Waals surface area contributed by atoms with Crippen molar-refractivity contribution in [1.29, 1.82) is 0 Å². The van der Waals surface area contributed by atoms with Crippen LogP contribution in [-0.2, 0) is 4.74 Å². The van der Waals surface area contributed by atoms with Crippen LogP contribution in [0.2, 0.25) is 0 Å². The molecule has 1 aliphatic rings. The van der Waals surface area contributed by atoms with E-state index >= 15 is 0 Å². The van der Waals surface area contributed by atoms with Gasteiger partial charge in [0.15, 0.2) is 0 Å². The Morgan fingerprint density at radius 2 is 1.57 bits per heavy atom. The highest BCUT2D eigenvalue weighted by atomic mass is 16.5. The molecule has 0 fully saturated rings. The number of amides is 5. The van der Waals surface area contributed by atoms with E-state index in [4.69, 9.17) is 9.47 Å². The minimum absolute atomic E-state index is 0.184. The van der Waals surface area contributed by atoms with E-state index in [1.807, 2.05) is 62.4 Å². The normalized spacial score (nSPS) is 19.7. The van der Waals surface area contributed by atoms with E-state index in [9.17, 15) is 19.5 Å². The van der Waals surface area contributed by atoms with Crippen LogP contribution in [0.4, 0.5) is 26.7 Å². The number of rotatable bonds is 7. The summed E-state index contributed by atoms with van der Waals surface area (Å²) in [6.07, 6.45) is 1.83. The Hall–Kier alpha value is -4.61. The summed E-state index contributed by atoms with van der Waals surface area (Å²) in [5, 5.41) is 18.7. The number of nitrogens with zero attached hydrogens (tertiary/aromatic N) is 2. The van der Waals surface area contributed by atoms with Gasteiger partial charge >= 0.3 is 12.1 Å². The minimum atomic E-state index is -0.527. The number of hydrogen-bond acceptors (Lipinski definition) is 6. The molecule has 252 valence electrons. The second-order valence-electron chi connectivity index (χ2n) is 12.1. The summed E-state index contributed by atoms with van der Waals surface area (Å²) in [6, 6.07) is 22.1. The molecule has 11 nitrogen and oxygen atoms in total. The average molecular weight is 646 g/mol. The number of hydrogen-bond donors (Lipinski definition) is 4. The lowest BCUT2D eigenvalue weighted by Gasteiger charge is -2.35. The van der Waals surface area contributed by atoms with Gasteiger partial charge < -0.3 is 40.3 Å². The zero-order chi connectivity index (χ0) is 33.8. The smallest absolute Gasteiger partial charge is 0.323 e. The molecular weight excluding hydrogens is 598 g/mol. The summed E-state index contributed by atoms with van der Waals surface area (Å²) in [7, 11) is 1.72. The number of fused-ring (bicyclic) bond motifs is 1. The molecule has 4 rings (SSSR count). The highest BCUT2D eigenvalue weighted by Gasteiger charge is 2.31. The van der Waals surface area contributed by atoms with Crippen LogP contribution >= 0.6 is 0 Å². The van der Waals surface area contributed by atoms with Crippen molar-refractivity contribution >= 4 is 35.0 Å². The Morgan fingerprint density at radius 3 is 2.23 bits per heavy atom. The van der Waals surface area contributed by atoms with Crippen LogP contribution in [0.3, 0.4) is 0 Å². The second kappa shape index (κ2) is 17.3. The fourth-order valence-corrected chi connectivity index (χ4v) is 5.37. The SMILES string of the molecule is C[C@H]1CCCCO[C@@H](CN(C)C(=O)Nc2ccccc2)[C@@H](C)CN([C@@H](C)CO)C(=O)c2cc(NC(=O)Nc3ccccc3)ccc2O1. The van der Waals surface area contributed by atoms with Crippen LogP contribution in [0, 0.1) is 5.92 Å². The number of nitrogens with one attached hydrogen (secondary N) is 3. The number of anilines is 3. The third kappa shape index (κ3) is 10.5. The molecule has 0 saturated heterocycles. The number of para-hydroxylation sites is 2. The van der Waals surface area contributed by atoms with Gasteiger partial charge in [0, 0.05) is 49.7 Å². The molecule has 0 bridgehead atoms. The summed E-state index contributed by atoms with van der Waals surface area (Å²) in [5.74, 6) is -0.149. The standard InChI is InChI=1S/C36H47N5O6/c1-25-22-41(26(2)24-42)34(43)31-21-30(38-35(44)37-28-14-7-5-8-15-28)18-19-32(31)47-27(3)13-11-12-20-46-33(25)23-40(4)36(45)39-29-16-9-6-10-17-29/h5-10,14-19,21,25-27,33,42H,11-13,20,22-24H2,1-4H3,(H,39,45)(H2,37,38,44)/t25-,26-,27-,33-/m0/s1. The van der Waals surface area contributed by atoms with Crippen molar-refractivity contribution in [3.63, 3.8) is 0 Å². The van der Waals surface area contributed by atoms with Gasteiger partial charge in [-0.25, -0.2) is 9.59 Å². The van der Waals surface area contributed by atoms with Gasteiger partial charge in [-0.2, -0.15) is 0 Å². The highest BCUT2D eigenvalue weighted by Crippen LogP contribution is 2.29. The van der Waals surface area contributed by atoms with Crippen LogP contribution in [0.15, 0.2) is 78.9 Å². The van der Waals surface area contributed by atoms with Crippen molar-refractivity contribution in [2.75, 3.05) is 49.3 Å². The maximum absolute atomic E-state index is 14.3. The largest absolute Gasteiger partial charge is 0.490 e. The number of aliphatic hydroxyl groups is 1. The highest BCUT2D eigenvalue weighted by molar-refractivity contribution is 6.02. The first-order valence-electron chi connectivity index (χ1n) is 16.2. The number of likely N-dealkylation sites (N-methyl/N-ethyl adjacent to an activating group) is 1. The van der Waals surface area contributed by atoms with Crippen molar-refractivity contribution in [1.82, 2.24) is 9.80 Å². The lowest BCUT2D eigenvalue weighted by molar-refractivity contribution is -0.0115. The van der Waals surface area contributed by atoms with Crippen molar-refractivity contribution in [2.45, 2.75) is 58.3 Å². The third-order valence-electron chi connectivity index (χ3n) is 8.17. The number of aliphatic hydroxyl groups excluding tert-OH is 1. The van der Waals surface area contributed by atoms with Crippen LogP contribution in [0.25, 0.3) is 0 Å². The van der Waals surface area contributed by atoms with Gasteiger partial charge in [0.2, 0.25) is 0 Å². The van der Waals surface area contributed by atoms with Crippen molar-refractivity contribution in [3.05, 3.63) is 84.4 Å². The van der Waals surface area contributed by atoms with Crippen LogP contribution in [0.5, 0.6) is 5.75 Å². The molecule has 4 N–H and O–H groups in total. The predicted octanol–water partition coefficient (Wildman–Crippen LogP) is 6.29. The summed E-state index contributed by atoms with van der Waals surface area (Å²) in [4.78, 5) is 43.3. The van der Waals surface area contributed by atoms with Gasteiger partial charge in [-0.1, -0.05) is 43.3 Å². The second-order valence-corrected chi connectivity index (χ2v) is 12.1. The van der Waals surface area contributed by atoms with Gasteiger partial charge in [-0.3, -0.25) is 4.79 Å². The van der Waals surface area contributed by atoms with Gasteiger partial charge in [0.1, 0.15) is 5.75 Å². The Kier molecular flexibility index (Phi) is 13.0.